The van der Waals surface area contributed by atoms with Crippen LogP contribution in [0.4, 0.5) is 5.69 Å². The van der Waals surface area contributed by atoms with Gasteiger partial charge in [-0.1, -0.05) is 6.07 Å². The molecule has 1 fully saturated rings. The first-order chi connectivity index (χ1) is 11.6. The molecular formula is C15H16N4O5. The van der Waals surface area contributed by atoms with Gasteiger partial charge < -0.3 is 15.4 Å². The number of carbonyl (C=O) groups is 2. The van der Waals surface area contributed by atoms with E-state index < -0.39 is 23.1 Å². The third-order valence-electron chi connectivity index (χ3n) is 3.75. The van der Waals surface area contributed by atoms with Gasteiger partial charge in [0.1, 0.15) is 6.10 Å². The molecule has 1 unspecified atom stereocenters. The zero-order valence-electron chi connectivity index (χ0n) is 12.7. The van der Waals surface area contributed by atoms with E-state index in [2.05, 4.69) is 20.8 Å². The summed E-state index contributed by atoms with van der Waals surface area (Å²) >= 11 is 0. The van der Waals surface area contributed by atoms with E-state index >= 15 is 0 Å². The number of aromatic nitrogens is 2. The summed E-state index contributed by atoms with van der Waals surface area (Å²) in [5.74, 6) is -0.844. The van der Waals surface area contributed by atoms with Crippen LogP contribution >= 0.6 is 0 Å². The molecular weight excluding hydrogens is 316 g/mol. The highest BCUT2D eigenvalue weighted by Gasteiger charge is 2.23. The minimum Gasteiger partial charge on any atom is -0.368 e. The quantitative estimate of drug-likeness (QED) is 0.596. The summed E-state index contributed by atoms with van der Waals surface area (Å²) in [7, 11) is 0. The van der Waals surface area contributed by atoms with Crippen molar-refractivity contribution in [2.75, 3.05) is 18.5 Å². The van der Waals surface area contributed by atoms with Crippen LogP contribution in [-0.2, 0) is 14.3 Å². The lowest BCUT2D eigenvalue weighted by Gasteiger charge is -2.11. The number of fused-ring (bicyclic) bond motifs is 1. The van der Waals surface area contributed by atoms with Crippen LogP contribution in [0.2, 0.25) is 0 Å². The summed E-state index contributed by atoms with van der Waals surface area (Å²) in [5.41, 5.74) is -0.785. The highest BCUT2D eigenvalue weighted by atomic mass is 16.5. The van der Waals surface area contributed by atoms with Crippen molar-refractivity contribution in [3.8, 4) is 0 Å². The predicted molar refractivity (Wildman–Crippen MR) is 85.8 cm³/mol. The maximum absolute atomic E-state index is 12.0. The molecule has 1 aromatic heterocycles. The van der Waals surface area contributed by atoms with Gasteiger partial charge in [-0.3, -0.25) is 29.4 Å². The zero-order chi connectivity index (χ0) is 17.1. The Hall–Kier alpha value is -2.94. The van der Waals surface area contributed by atoms with E-state index in [1.807, 2.05) is 0 Å². The van der Waals surface area contributed by atoms with E-state index in [1.54, 1.807) is 6.07 Å². The van der Waals surface area contributed by atoms with Crippen LogP contribution in [0, 0.1) is 0 Å². The molecule has 1 saturated heterocycles. The number of ether oxygens (including phenoxy) is 1. The van der Waals surface area contributed by atoms with Gasteiger partial charge in [0, 0.05) is 6.61 Å². The summed E-state index contributed by atoms with van der Waals surface area (Å²) in [6, 6.07) is 4.55. The molecule has 0 bridgehead atoms. The highest BCUT2D eigenvalue weighted by molar-refractivity contribution is 6.02. The number of anilines is 1. The van der Waals surface area contributed by atoms with Gasteiger partial charge in [-0.15, -0.1) is 0 Å². The predicted octanol–water partition coefficient (Wildman–Crippen LogP) is -0.550. The first kappa shape index (κ1) is 15.9. The van der Waals surface area contributed by atoms with Crippen molar-refractivity contribution in [2.45, 2.75) is 18.9 Å². The molecule has 1 aliphatic heterocycles. The molecule has 1 atom stereocenters. The van der Waals surface area contributed by atoms with E-state index in [4.69, 9.17) is 4.74 Å². The molecule has 2 heterocycles. The summed E-state index contributed by atoms with van der Waals surface area (Å²) in [6.45, 7) is 0.286. The van der Waals surface area contributed by atoms with Crippen molar-refractivity contribution in [3.63, 3.8) is 0 Å². The largest absolute Gasteiger partial charge is 0.368 e. The molecule has 3 rings (SSSR count). The molecule has 1 aromatic carbocycles. The second-order valence-corrected chi connectivity index (χ2v) is 5.40. The summed E-state index contributed by atoms with van der Waals surface area (Å²) in [5, 5.41) is 9.70. The molecule has 1 aliphatic rings. The Morgan fingerprint density at radius 2 is 2.00 bits per heavy atom. The van der Waals surface area contributed by atoms with Crippen molar-refractivity contribution in [3.05, 3.63) is 38.9 Å². The van der Waals surface area contributed by atoms with Gasteiger partial charge >= 0.3 is 0 Å². The molecule has 2 aromatic rings. The Labute approximate surface area is 135 Å². The SMILES string of the molecule is O=C(CNC(=O)C1CCCO1)Nc1cccc2c(=O)[nH][nH]c(=O)c12. The van der Waals surface area contributed by atoms with Gasteiger partial charge in [-0.25, -0.2) is 0 Å². The fourth-order valence-corrected chi connectivity index (χ4v) is 2.59. The zero-order valence-corrected chi connectivity index (χ0v) is 12.7. The Bertz CT molecular complexity index is 895. The standard InChI is InChI=1S/C15H16N4O5/c20-11(7-16-14(22)10-5-2-6-24-10)17-9-4-1-3-8-12(9)15(23)19-18-13(8)21/h1,3-4,10H,2,5-7H2,(H,16,22)(H,17,20)(H,18,21)(H,19,23). The minimum atomic E-state index is -0.524. The Kier molecular flexibility index (Phi) is 4.43. The number of nitrogens with one attached hydrogen (secondary N) is 4. The van der Waals surface area contributed by atoms with Crippen LogP contribution in [0.25, 0.3) is 10.8 Å². The fraction of sp³-hybridized carbons (Fsp3) is 0.333. The van der Waals surface area contributed by atoms with E-state index in [9.17, 15) is 19.2 Å². The number of carbonyl (C=O) groups excluding carboxylic acids is 2. The van der Waals surface area contributed by atoms with Crippen molar-refractivity contribution < 1.29 is 14.3 Å². The molecule has 2 amide bonds. The normalized spacial score (nSPS) is 16.9. The van der Waals surface area contributed by atoms with E-state index in [0.29, 0.717) is 13.0 Å². The van der Waals surface area contributed by atoms with E-state index in [-0.39, 0.29) is 28.9 Å². The lowest BCUT2D eigenvalue weighted by atomic mass is 10.1. The average Bonchev–Trinajstić information content (AvgIpc) is 3.11. The van der Waals surface area contributed by atoms with Gasteiger partial charge in [0.05, 0.1) is 23.0 Å². The maximum Gasteiger partial charge on any atom is 0.272 e. The van der Waals surface area contributed by atoms with E-state index in [1.165, 1.54) is 12.1 Å². The van der Waals surface area contributed by atoms with Crippen LogP contribution in [0.5, 0.6) is 0 Å². The van der Waals surface area contributed by atoms with Crippen molar-refractivity contribution in [1.82, 2.24) is 15.5 Å². The maximum atomic E-state index is 12.0. The number of H-pyrrole nitrogens is 2. The molecule has 24 heavy (non-hydrogen) atoms. The van der Waals surface area contributed by atoms with Crippen molar-refractivity contribution >= 4 is 28.3 Å². The number of amides is 2. The first-order valence-corrected chi connectivity index (χ1v) is 7.49. The van der Waals surface area contributed by atoms with Gasteiger partial charge in [0.2, 0.25) is 11.8 Å². The Morgan fingerprint density at radius 3 is 2.75 bits per heavy atom. The monoisotopic (exact) mass is 332 g/mol. The lowest BCUT2D eigenvalue weighted by Crippen LogP contribution is -2.39. The van der Waals surface area contributed by atoms with Crippen LogP contribution in [-0.4, -0.2) is 41.3 Å². The lowest BCUT2D eigenvalue weighted by molar-refractivity contribution is -0.131. The molecule has 9 nitrogen and oxygen atoms in total. The smallest absolute Gasteiger partial charge is 0.272 e. The molecule has 9 heteroatoms. The third-order valence-corrected chi connectivity index (χ3v) is 3.75. The molecule has 0 aliphatic carbocycles. The van der Waals surface area contributed by atoms with Crippen LogP contribution < -0.4 is 21.8 Å². The number of aromatic amines is 2. The summed E-state index contributed by atoms with van der Waals surface area (Å²) < 4.78 is 5.22. The number of hydrogen-bond donors (Lipinski definition) is 4. The van der Waals surface area contributed by atoms with Gasteiger partial charge in [0.25, 0.3) is 11.1 Å². The number of benzene rings is 1. The average molecular weight is 332 g/mol. The fourth-order valence-electron chi connectivity index (χ4n) is 2.59. The number of rotatable bonds is 4. The van der Waals surface area contributed by atoms with Gasteiger partial charge in [-0.05, 0) is 25.0 Å². The van der Waals surface area contributed by atoms with E-state index in [0.717, 1.165) is 6.42 Å². The first-order valence-electron chi connectivity index (χ1n) is 7.49. The van der Waals surface area contributed by atoms with Crippen LogP contribution in [0.1, 0.15) is 12.8 Å². The van der Waals surface area contributed by atoms with Crippen molar-refractivity contribution in [1.29, 1.82) is 0 Å². The third kappa shape index (κ3) is 3.20. The molecule has 4 N–H and O–H groups in total. The number of hydrogen-bond acceptors (Lipinski definition) is 5. The summed E-state index contributed by atoms with van der Waals surface area (Å²) in [6.07, 6.45) is 0.934. The molecule has 0 saturated carbocycles. The second kappa shape index (κ2) is 6.67. The molecule has 0 spiro atoms. The molecule has 126 valence electrons. The Balaban J connectivity index is 1.72. The van der Waals surface area contributed by atoms with Crippen LogP contribution in [0.15, 0.2) is 27.8 Å². The Morgan fingerprint density at radius 1 is 1.21 bits per heavy atom. The van der Waals surface area contributed by atoms with Gasteiger partial charge in [-0.2, -0.15) is 0 Å². The minimum absolute atomic E-state index is 0.0834. The van der Waals surface area contributed by atoms with Crippen molar-refractivity contribution in [2.24, 2.45) is 0 Å². The summed E-state index contributed by atoms with van der Waals surface area (Å²) in [4.78, 5) is 47.4. The topological polar surface area (TPSA) is 133 Å². The second-order valence-electron chi connectivity index (χ2n) is 5.40. The highest BCUT2D eigenvalue weighted by Crippen LogP contribution is 2.16. The van der Waals surface area contributed by atoms with Gasteiger partial charge in [0.15, 0.2) is 0 Å². The molecule has 0 radical (unpaired) electrons. The van der Waals surface area contributed by atoms with Crippen LogP contribution in [0.3, 0.4) is 0 Å².